The summed E-state index contributed by atoms with van der Waals surface area (Å²) in [6, 6.07) is 5.66. The van der Waals surface area contributed by atoms with E-state index >= 15 is 0 Å². The zero-order valence-corrected chi connectivity index (χ0v) is 16.1. The second kappa shape index (κ2) is 11.1. The number of ether oxygens (including phenoxy) is 2. The standard InChI is InChI=1S/C17H22F3N7O3/c1-29-13(28)11-2-4-12(5-3-11)24-15-25-14(23-9-8-22-7-6-21)26-16(27-15)30-10-17(18,19)20/h2-5,22H,6-10,21H2,1H3,(H2,23,24,25,26,27). The van der Waals surface area contributed by atoms with Crippen LogP contribution in [0.1, 0.15) is 10.4 Å². The first-order chi connectivity index (χ1) is 14.3. The fourth-order valence-electron chi connectivity index (χ4n) is 2.13. The normalized spacial score (nSPS) is 11.1. The SMILES string of the molecule is COC(=O)c1ccc(Nc2nc(NCCNCCN)nc(OCC(F)(F)F)n2)cc1. The van der Waals surface area contributed by atoms with E-state index in [1.54, 1.807) is 12.1 Å². The Balaban J connectivity index is 2.12. The second-order valence-corrected chi connectivity index (χ2v) is 5.83. The Bertz CT molecular complexity index is 819. The Morgan fingerprint density at radius 1 is 1.07 bits per heavy atom. The van der Waals surface area contributed by atoms with E-state index in [9.17, 15) is 18.0 Å². The van der Waals surface area contributed by atoms with Gasteiger partial charge in [0, 0.05) is 31.9 Å². The van der Waals surface area contributed by atoms with E-state index < -0.39 is 24.8 Å². The maximum absolute atomic E-state index is 12.5. The number of aromatic nitrogens is 3. The second-order valence-electron chi connectivity index (χ2n) is 5.83. The Labute approximate surface area is 170 Å². The molecule has 13 heteroatoms. The van der Waals surface area contributed by atoms with Crippen molar-refractivity contribution >= 4 is 23.6 Å². The highest BCUT2D eigenvalue weighted by Gasteiger charge is 2.29. The van der Waals surface area contributed by atoms with Crippen LogP contribution in [0.5, 0.6) is 6.01 Å². The number of methoxy groups -OCH3 is 1. The smallest absolute Gasteiger partial charge is 0.422 e. The predicted molar refractivity (Wildman–Crippen MR) is 103 cm³/mol. The minimum Gasteiger partial charge on any atom is -0.465 e. The van der Waals surface area contributed by atoms with Gasteiger partial charge in [0.2, 0.25) is 11.9 Å². The Hall–Kier alpha value is -3.19. The number of rotatable bonds is 11. The minimum absolute atomic E-state index is 0.0328. The van der Waals surface area contributed by atoms with Crippen LogP contribution in [0.15, 0.2) is 24.3 Å². The lowest BCUT2D eigenvalue weighted by Crippen LogP contribution is -2.28. The maximum Gasteiger partial charge on any atom is 0.422 e. The molecule has 0 atom stereocenters. The van der Waals surface area contributed by atoms with Gasteiger partial charge in [0.15, 0.2) is 6.61 Å². The summed E-state index contributed by atoms with van der Waals surface area (Å²) < 4.78 is 46.6. The summed E-state index contributed by atoms with van der Waals surface area (Å²) in [5.74, 6) is -0.505. The summed E-state index contributed by atoms with van der Waals surface area (Å²) in [6.07, 6.45) is -4.54. The summed E-state index contributed by atoms with van der Waals surface area (Å²) in [4.78, 5) is 23.3. The van der Waals surface area contributed by atoms with Crippen molar-refractivity contribution in [1.82, 2.24) is 20.3 Å². The molecule has 0 radical (unpaired) electrons. The largest absolute Gasteiger partial charge is 0.465 e. The lowest BCUT2D eigenvalue weighted by atomic mass is 10.2. The number of nitrogens with two attached hydrogens (primary N) is 1. The van der Waals surface area contributed by atoms with Crippen molar-refractivity contribution < 1.29 is 27.4 Å². The lowest BCUT2D eigenvalue weighted by Gasteiger charge is -2.12. The van der Waals surface area contributed by atoms with Crippen LogP contribution in [0.3, 0.4) is 0 Å². The molecular formula is C17H22F3N7O3. The molecule has 10 nitrogen and oxygen atoms in total. The number of nitrogens with one attached hydrogen (secondary N) is 3. The van der Waals surface area contributed by atoms with Crippen molar-refractivity contribution in [2.24, 2.45) is 5.73 Å². The summed E-state index contributed by atoms with van der Waals surface area (Å²) in [6.45, 7) is 0.494. The first-order valence-corrected chi connectivity index (χ1v) is 8.86. The van der Waals surface area contributed by atoms with E-state index in [2.05, 4.69) is 40.4 Å². The quantitative estimate of drug-likeness (QED) is 0.306. The molecule has 0 saturated heterocycles. The number of nitrogens with zero attached hydrogens (tertiary/aromatic N) is 3. The van der Waals surface area contributed by atoms with Crippen LogP contribution in [-0.2, 0) is 4.74 Å². The van der Waals surface area contributed by atoms with Crippen LogP contribution < -0.4 is 26.4 Å². The van der Waals surface area contributed by atoms with Crippen LogP contribution in [-0.4, -0.2) is 67.0 Å². The highest BCUT2D eigenvalue weighted by Crippen LogP contribution is 2.20. The molecule has 164 valence electrons. The van der Waals surface area contributed by atoms with Gasteiger partial charge in [0.25, 0.3) is 0 Å². The van der Waals surface area contributed by atoms with Gasteiger partial charge in [-0.25, -0.2) is 4.79 Å². The average Bonchev–Trinajstić information content (AvgIpc) is 2.71. The summed E-state index contributed by atoms with van der Waals surface area (Å²) in [5, 5.41) is 8.75. The van der Waals surface area contributed by atoms with E-state index in [0.29, 0.717) is 37.4 Å². The number of halogens is 3. The Morgan fingerprint density at radius 3 is 2.40 bits per heavy atom. The first-order valence-electron chi connectivity index (χ1n) is 8.86. The third kappa shape index (κ3) is 8.05. The zero-order chi connectivity index (χ0) is 22.0. The van der Waals surface area contributed by atoms with Crippen LogP contribution >= 0.6 is 0 Å². The third-order valence-corrected chi connectivity index (χ3v) is 3.45. The van der Waals surface area contributed by atoms with Gasteiger partial charge in [-0.05, 0) is 24.3 Å². The van der Waals surface area contributed by atoms with Gasteiger partial charge in [-0.3, -0.25) is 0 Å². The number of hydrogen-bond acceptors (Lipinski definition) is 10. The molecule has 0 saturated carbocycles. The summed E-state index contributed by atoms with van der Waals surface area (Å²) in [7, 11) is 1.27. The van der Waals surface area contributed by atoms with Crippen molar-refractivity contribution in [1.29, 1.82) is 0 Å². The number of anilines is 3. The molecule has 0 aliphatic heterocycles. The molecule has 5 N–H and O–H groups in total. The molecule has 0 spiro atoms. The number of hydrogen-bond donors (Lipinski definition) is 4. The molecule has 1 aromatic carbocycles. The molecule has 0 aliphatic rings. The first kappa shape index (κ1) is 23.1. The van der Waals surface area contributed by atoms with Crippen molar-refractivity contribution in [3.63, 3.8) is 0 Å². The minimum atomic E-state index is -4.54. The maximum atomic E-state index is 12.5. The van der Waals surface area contributed by atoms with E-state index in [1.807, 2.05) is 0 Å². The van der Waals surface area contributed by atoms with Gasteiger partial charge in [-0.15, -0.1) is 0 Å². The van der Waals surface area contributed by atoms with Gasteiger partial charge >= 0.3 is 18.2 Å². The molecule has 1 aromatic heterocycles. The van der Waals surface area contributed by atoms with Crippen LogP contribution in [0.25, 0.3) is 0 Å². The predicted octanol–water partition coefficient (Wildman–Crippen LogP) is 1.30. The Morgan fingerprint density at radius 2 is 1.77 bits per heavy atom. The van der Waals surface area contributed by atoms with Crippen molar-refractivity contribution in [2.45, 2.75) is 6.18 Å². The van der Waals surface area contributed by atoms with Gasteiger partial charge < -0.3 is 31.2 Å². The number of carbonyl (C=O) groups excluding carboxylic acids is 1. The van der Waals surface area contributed by atoms with Crippen molar-refractivity contribution in [2.75, 3.05) is 50.5 Å². The molecule has 0 bridgehead atoms. The molecule has 30 heavy (non-hydrogen) atoms. The van der Waals surface area contributed by atoms with Gasteiger partial charge in [0.1, 0.15) is 0 Å². The van der Waals surface area contributed by atoms with E-state index in [4.69, 9.17) is 5.73 Å². The van der Waals surface area contributed by atoms with Crippen LogP contribution in [0, 0.1) is 0 Å². The van der Waals surface area contributed by atoms with Crippen molar-refractivity contribution in [3.8, 4) is 6.01 Å². The van der Waals surface area contributed by atoms with Crippen molar-refractivity contribution in [3.05, 3.63) is 29.8 Å². The highest BCUT2D eigenvalue weighted by molar-refractivity contribution is 5.89. The fourth-order valence-corrected chi connectivity index (χ4v) is 2.13. The van der Waals surface area contributed by atoms with E-state index in [-0.39, 0.29) is 11.9 Å². The lowest BCUT2D eigenvalue weighted by molar-refractivity contribution is -0.154. The fraction of sp³-hybridized carbons (Fsp3) is 0.412. The average molecular weight is 429 g/mol. The Kier molecular flexibility index (Phi) is 8.55. The van der Waals surface area contributed by atoms with Crippen LogP contribution in [0.2, 0.25) is 0 Å². The number of esters is 1. The van der Waals surface area contributed by atoms with E-state index in [0.717, 1.165) is 0 Å². The topological polar surface area (TPSA) is 136 Å². The summed E-state index contributed by atoms with van der Waals surface area (Å²) >= 11 is 0. The highest BCUT2D eigenvalue weighted by atomic mass is 19.4. The molecule has 2 rings (SSSR count). The zero-order valence-electron chi connectivity index (χ0n) is 16.1. The molecule has 1 heterocycles. The molecular weight excluding hydrogens is 407 g/mol. The molecule has 0 unspecified atom stereocenters. The summed E-state index contributed by atoms with van der Waals surface area (Å²) in [5.41, 5.74) is 6.20. The monoisotopic (exact) mass is 429 g/mol. The van der Waals surface area contributed by atoms with E-state index in [1.165, 1.54) is 19.2 Å². The van der Waals surface area contributed by atoms with Gasteiger partial charge in [0.05, 0.1) is 12.7 Å². The van der Waals surface area contributed by atoms with Gasteiger partial charge in [-0.1, -0.05) is 0 Å². The molecule has 0 aliphatic carbocycles. The number of carbonyl (C=O) groups is 1. The number of alkyl halides is 3. The van der Waals surface area contributed by atoms with Gasteiger partial charge in [-0.2, -0.15) is 28.1 Å². The molecule has 0 amide bonds. The molecule has 2 aromatic rings. The molecule has 0 fully saturated rings. The van der Waals surface area contributed by atoms with Crippen LogP contribution in [0.4, 0.5) is 30.8 Å². The third-order valence-electron chi connectivity index (χ3n) is 3.45. The number of benzene rings is 1.